The van der Waals surface area contributed by atoms with E-state index in [0.29, 0.717) is 0 Å². The number of nitrogens with zero attached hydrogens (tertiary/aromatic N) is 1. The summed E-state index contributed by atoms with van der Waals surface area (Å²) in [6, 6.07) is 12.3. The van der Waals surface area contributed by atoms with E-state index in [1.54, 1.807) is 18.0 Å². The molecule has 82 valence electrons. The molecule has 0 aliphatic carbocycles. The topological polar surface area (TPSA) is 38.9 Å². The lowest BCUT2D eigenvalue weighted by Gasteiger charge is -2.04. The number of anilines is 1. The van der Waals surface area contributed by atoms with Crippen LogP contribution in [0.15, 0.2) is 47.6 Å². The highest BCUT2D eigenvalue weighted by Crippen LogP contribution is 2.25. The van der Waals surface area contributed by atoms with E-state index in [4.69, 9.17) is 5.73 Å². The summed E-state index contributed by atoms with van der Waals surface area (Å²) in [7, 11) is 0. The Morgan fingerprint density at radius 2 is 1.94 bits per heavy atom. The van der Waals surface area contributed by atoms with Crippen LogP contribution >= 0.6 is 11.8 Å². The molecule has 3 heteroatoms. The molecule has 0 aliphatic rings. The summed E-state index contributed by atoms with van der Waals surface area (Å²) in [5, 5.41) is 0.906. The predicted octanol–water partition coefficient (Wildman–Crippen LogP) is 3.26. The highest BCUT2D eigenvalue weighted by molar-refractivity contribution is 7.98. The monoisotopic (exact) mass is 230 g/mol. The van der Waals surface area contributed by atoms with Crippen molar-refractivity contribution in [2.75, 3.05) is 5.73 Å². The molecule has 0 saturated carbocycles. The van der Waals surface area contributed by atoms with Crippen molar-refractivity contribution in [1.82, 2.24) is 4.98 Å². The molecule has 1 aromatic carbocycles. The first-order chi connectivity index (χ1) is 7.75. The van der Waals surface area contributed by atoms with Gasteiger partial charge in [0.1, 0.15) is 5.03 Å². The molecule has 0 radical (unpaired) electrons. The van der Waals surface area contributed by atoms with Crippen LogP contribution in [0.1, 0.15) is 11.1 Å². The smallest absolute Gasteiger partial charge is 0.119 e. The molecule has 0 saturated heterocycles. The van der Waals surface area contributed by atoms with E-state index >= 15 is 0 Å². The van der Waals surface area contributed by atoms with Crippen molar-refractivity contribution in [3.8, 4) is 0 Å². The third-order valence-corrected chi connectivity index (χ3v) is 3.39. The summed E-state index contributed by atoms with van der Waals surface area (Å²) in [5.41, 5.74) is 9.15. The number of pyridine rings is 1. The predicted molar refractivity (Wildman–Crippen MR) is 69.4 cm³/mol. The number of benzene rings is 1. The number of hydrogen-bond donors (Lipinski definition) is 1. The lowest BCUT2D eigenvalue weighted by Crippen LogP contribution is -1.91. The maximum Gasteiger partial charge on any atom is 0.119 e. The number of aromatic nitrogens is 1. The molecule has 0 amide bonds. The third-order valence-electron chi connectivity index (χ3n) is 2.30. The van der Waals surface area contributed by atoms with Crippen LogP contribution in [-0.4, -0.2) is 4.98 Å². The lowest BCUT2D eigenvalue weighted by atomic mass is 10.2. The van der Waals surface area contributed by atoms with Crippen LogP contribution in [0.3, 0.4) is 0 Å². The van der Waals surface area contributed by atoms with Gasteiger partial charge in [0.05, 0.1) is 5.69 Å². The van der Waals surface area contributed by atoms with E-state index in [2.05, 4.69) is 36.2 Å². The first-order valence-electron chi connectivity index (χ1n) is 5.14. The van der Waals surface area contributed by atoms with Crippen LogP contribution < -0.4 is 5.73 Å². The van der Waals surface area contributed by atoms with Crippen molar-refractivity contribution < 1.29 is 0 Å². The number of rotatable bonds is 3. The van der Waals surface area contributed by atoms with Gasteiger partial charge in [-0.3, -0.25) is 0 Å². The van der Waals surface area contributed by atoms with E-state index < -0.39 is 0 Å². The van der Waals surface area contributed by atoms with Gasteiger partial charge >= 0.3 is 0 Å². The summed E-state index contributed by atoms with van der Waals surface area (Å²) in [6.45, 7) is 2.09. The summed E-state index contributed by atoms with van der Waals surface area (Å²) in [6.07, 6.45) is 1.77. The standard InChI is InChI=1S/C13H14N2S/c1-10-4-6-11(7-5-10)9-16-13-12(14)3-2-8-15-13/h2-8H,9,14H2,1H3. The van der Waals surface area contributed by atoms with Gasteiger partial charge in [-0.1, -0.05) is 41.6 Å². The summed E-state index contributed by atoms with van der Waals surface area (Å²) < 4.78 is 0. The molecule has 1 aromatic heterocycles. The Balaban J connectivity index is 2.02. The Morgan fingerprint density at radius 1 is 1.19 bits per heavy atom. The average molecular weight is 230 g/mol. The minimum Gasteiger partial charge on any atom is -0.397 e. The van der Waals surface area contributed by atoms with Crippen molar-refractivity contribution in [2.45, 2.75) is 17.7 Å². The van der Waals surface area contributed by atoms with Gasteiger partial charge in [0.2, 0.25) is 0 Å². The quantitative estimate of drug-likeness (QED) is 0.822. The lowest BCUT2D eigenvalue weighted by molar-refractivity contribution is 1.14. The zero-order valence-corrected chi connectivity index (χ0v) is 10.00. The fraction of sp³-hybridized carbons (Fsp3) is 0.154. The van der Waals surface area contributed by atoms with Gasteiger partial charge in [-0.15, -0.1) is 0 Å². The number of thioether (sulfide) groups is 1. The molecule has 0 atom stereocenters. The Labute approximate surface area is 99.9 Å². The van der Waals surface area contributed by atoms with Crippen LogP contribution in [0.5, 0.6) is 0 Å². The average Bonchev–Trinajstić information content (AvgIpc) is 2.30. The fourth-order valence-electron chi connectivity index (χ4n) is 1.36. The zero-order chi connectivity index (χ0) is 11.4. The molecule has 1 heterocycles. The maximum absolute atomic E-state index is 5.83. The Bertz CT molecular complexity index is 466. The van der Waals surface area contributed by atoms with Gasteiger partial charge in [0.25, 0.3) is 0 Å². The minimum atomic E-state index is 0.750. The summed E-state index contributed by atoms with van der Waals surface area (Å²) in [5.74, 6) is 0.904. The Hall–Kier alpha value is -1.48. The largest absolute Gasteiger partial charge is 0.397 e. The van der Waals surface area contributed by atoms with Crippen molar-refractivity contribution in [3.63, 3.8) is 0 Å². The normalized spacial score (nSPS) is 10.3. The molecule has 0 bridgehead atoms. The SMILES string of the molecule is Cc1ccc(CSc2ncccc2N)cc1. The number of nitrogen functional groups attached to an aromatic ring is 1. The Kier molecular flexibility index (Phi) is 3.47. The van der Waals surface area contributed by atoms with Crippen LogP contribution in [0, 0.1) is 6.92 Å². The third kappa shape index (κ3) is 2.76. The van der Waals surface area contributed by atoms with Gasteiger partial charge in [-0.2, -0.15) is 0 Å². The molecule has 0 fully saturated rings. The Morgan fingerprint density at radius 3 is 2.62 bits per heavy atom. The second kappa shape index (κ2) is 5.03. The van der Waals surface area contributed by atoms with Crippen LogP contribution in [0.4, 0.5) is 5.69 Å². The van der Waals surface area contributed by atoms with Crippen molar-refractivity contribution in [2.24, 2.45) is 0 Å². The molecular weight excluding hydrogens is 216 g/mol. The van der Waals surface area contributed by atoms with Crippen molar-refractivity contribution in [3.05, 3.63) is 53.7 Å². The van der Waals surface area contributed by atoms with Gasteiger partial charge in [-0.05, 0) is 24.6 Å². The molecule has 2 rings (SSSR count). The van der Waals surface area contributed by atoms with Crippen LogP contribution in [-0.2, 0) is 5.75 Å². The van der Waals surface area contributed by atoms with E-state index in [0.717, 1.165) is 16.5 Å². The molecule has 0 spiro atoms. The van der Waals surface area contributed by atoms with Gasteiger partial charge in [0, 0.05) is 11.9 Å². The number of hydrogen-bond acceptors (Lipinski definition) is 3. The van der Waals surface area contributed by atoms with Crippen molar-refractivity contribution >= 4 is 17.4 Å². The second-order valence-electron chi connectivity index (χ2n) is 3.67. The molecule has 0 aliphatic heterocycles. The zero-order valence-electron chi connectivity index (χ0n) is 9.18. The van der Waals surface area contributed by atoms with E-state index in [9.17, 15) is 0 Å². The first kappa shape index (κ1) is 11.0. The molecular formula is C13H14N2S. The first-order valence-corrected chi connectivity index (χ1v) is 6.13. The van der Waals surface area contributed by atoms with E-state index in [1.807, 2.05) is 12.1 Å². The molecule has 2 aromatic rings. The van der Waals surface area contributed by atoms with Crippen molar-refractivity contribution in [1.29, 1.82) is 0 Å². The second-order valence-corrected chi connectivity index (χ2v) is 4.64. The maximum atomic E-state index is 5.83. The number of aryl methyl sites for hydroxylation is 1. The highest BCUT2D eigenvalue weighted by Gasteiger charge is 2.00. The van der Waals surface area contributed by atoms with Gasteiger partial charge < -0.3 is 5.73 Å². The molecule has 2 nitrogen and oxygen atoms in total. The van der Waals surface area contributed by atoms with Crippen LogP contribution in [0.2, 0.25) is 0 Å². The fourth-order valence-corrected chi connectivity index (χ4v) is 2.23. The van der Waals surface area contributed by atoms with E-state index in [1.165, 1.54) is 11.1 Å². The summed E-state index contributed by atoms with van der Waals surface area (Å²) in [4.78, 5) is 4.25. The van der Waals surface area contributed by atoms with E-state index in [-0.39, 0.29) is 0 Å². The summed E-state index contributed by atoms with van der Waals surface area (Å²) >= 11 is 1.67. The number of nitrogens with two attached hydrogens (primary N) is 1. The van der Waals surface area contributed by atoms with Gasteiger partial charge in [-0.25, -0.2) is 4.98 Å². The van der Waals surface area contributed by atoms with Crippen LogP contribution in [0.25, 0.3) is 0 Å². The highest BCUT2D eigenvalue weighted by atomic mass is 32.2. The van der Waals surface area contributed by atoms with Gasteiger partial charge in [0.15, 0.2) is 0 Å². The molecule has 16 heavy (non-hydrogen) atoms. The minimum absolute atomic E-state index is 0.750. The molecule has 0 unspecified atom stereocenters. The molecule has 2 N–H and O–H groups in total.